The third-order valence-electron chi connectivity index (χ3n) is 13.9. The second-order valence-corrected chi connectivity index (χ2v) is 18.4. The van der Waals surface area contributed by atoms with Crippen LogP contribution >= 0.6 is 0 Å². The average Bonchev–Trinajstić information content (AvgIpc) is 3.45. The lowest BCUT2D eigenvalue weighted by molar-refractivity contribution is 1.75. The Morgan fingerprint density at radius 3 is 0.556 bits per heavy atom. The maximum absolute atomic E-state index is 2.27. The fraction of sp³-hybridized carbons (Fsp3) is 0. The first-order chi connectivity index (χ1) is 35.7. The molecule has 0 heteroatoms. The van der Waals surface area contributed by atoms with Gasteiger partial charge in [0.15, 0.2) is 0 Å². The lowest BCUT2D eigenvalue weighted by atomic mass is 9.95. The van der Waals surface area contributed by atoms with Crippen molar-refractivity contribution >= 4 is 118 Å². The van der Waals surface area contributed by atoms with Crippen LogP contribution in [0.3, 0.4) is 0 Å². The van der Waals surface area contributed by atoms with Gasteiger partial charge >= 0.3 is 0 Å². The van der Waals surface area contributed by atoms with Crippen LogP contribution in [0.25, 0.3) is 118 Å². The van der Waals surface area contributed by atoms with E-state index in [1.54, 1.807) is 0 Å². The highest BCUT2D eigenvalue weighted by Gasteiger charge is 2.06. The summed E-state index contributed by atoms with van der Waals surface area (Å²) in [6, 6.07) is 108. The number of hydrogen-bond donors (Lipinski definition) is 0. The summed E-state index contributed by atoms with van der Waals surface area (Å²) < 4.78 is 0. The van der Waals surface area contributed by atoms with Gasteiger partial charge < -0.3 is 0 Å². The Hall–Kier alpha value is -9.36. The topological polar surface area (TPSA) is 0 Å². The summed E-state index contributed by atoms with van der Waals surface area (Å²) in [6.45, 7) is 0. The normalized spacial score (nSPS) is 11.1. The Balaban J connectivity index is 0.0000000930. The van der Waals surface area contributed by atoms with E-state index in [0.29, 0.717) is 0 Å². The molecule has 338 valence electrons. The maximum atomic E-state index is 2.27. The molecule has 0 aromatic heterocycles. The Bertz CT molecular complexity index is 4010. The standard InChI is InChI=1S/C18H12.C16H10.2C14H10.C10H8/c1-2-6-14-10-18-12-16-8-4-3-7-15(16)11-17(18)9-13(14)5-1;1-3-11-7-9-13-5-2-6-14-10-8-12(4-1)15(11)16(13)14;1-3-7-13-11(5-1)9-10-12-6-2-4-8-14(12)13;1-2-6-12-10-14-8-4-3-7-13(14)9-11(12)5-1;1-2-6-10-8-4-3-7-9(10)5-1/h1-12H;1-10H;2*1-10H;1-8H. The van der Waals surface area contributed by atoms with E-state index < -0.39 is 0 Å². The van der Waals surface area contributed by atoms with Gasteiger partial charge in [-0.25, -0.2) is 0 Å². The molecule has 0 nitrogen and oxygen atoms in total. The summed E-state index contributed by atoms with van der Waals surface area (Å²) in [4.78, 5) is 0. The summed E-state index contributed by atoms with van der Waals surface area (Å²) in [5.74, 6) is 0. The molecule has 0 spiro atoms. The minimum atomic E-state index is 1.31. The smallest absolute Gasteiger partial charge is 0.00268 e. The fourth-order valence-corrected chi connectivity index (χ4v) is 10.3. The van der Waals surface area contributed by atoms with E-state index in [4.69, 9.17) is 0 Å². The molecule has 0 unspecified atom stereocenters. The molecular formula is C72H50. The zero-order chi connectivity index (χ0) is 48.1. The van der Waals surface area contributed by atoms with Gasteiger partial charge in [0.05, 0.1) is 0 Å². The molecule has 0 N–H and O–H groups in total. The molecule has 0 amide bonds. The van der Waals surface area contributed by atoms with Crippen molar-refractivity contribution in [1.82, 2.24) is 0 Å². The highest BCUT2D eigenvalue weighted by Crippen LogP contribution is 2.34. The van der Waals surface area contributed by atoms with E-state index in [1.165, 1.54) is 118 Å². The van der Waals surface area contributed by atoms with Gasteiger partial charge in [-0.05, 0) is 155 Å². The Labute approximate surface area is 419 Å². The molecule has 0 aliphatic rings. The average molecular weight is 915 g/mol. The monoisotopic (exact) mass is 914 g/mol. The molecular weight excluding hydrogens is 865 g/mol. The van der Waals surface area contributed by atoms with E-state index in [1.807, 2.05) is 0 Å². The van der Waals surface area contributed by atoms with Crippen molar-refractivity contribution in [3.8, 4) is 0 Å². The van der Waals surface area contributed by atoms with Crippen molar-refractivity contribution in [3.05, 3.63) is 303 Å². The molecule has 0 saturated carbocycles. The largest absolute Gasteiger partial charge is 0.0616 e. The second-order valence-electron chi connectivity index (χ2n) is 18.4. The van der Waals surface area contributed by atoms with E-state index >= 15 is 0 Å². The van der Waals surface area contributed by atoms with Crippen LogP contribution in [0.4, 0.5) is 0 Å². The minimum Gasteiger partial charge on any atom is -0.0616 e. The molecule has 0 radical (unpaired) electrons. The Kier molecular flexibility index (Phi) is 12.1. The van der Waals surface area contributed by atoms with Crippen LogP contribution < -0.4 is 0 Å². The molecule has 16 aromatic carbocycles. The van der Waals surface area contributed by atoms with Gasteiger partial charge in [0.1, 0.15) is 0 Å². The third-order valence-corrected chi connectivity index (χ3v) is 13.9. The molecule has 0 aliphatic carbocycles. The maximum Gasteiger partial charge on any atom is -0.00268 e. The molecule has 0 fully saturated rings. The summed E-state index contributed by atoms with van der Waals surface area (Å²) in [6.07, 6.45) is 0. The third kappa shape index (κ3) is 9.14. The number of rotatable bonds is 0. The fourth-order valence-electron chi connectivity index (χ4n) is 10.3. The Morgan fingerprint density at radius 1 is 0.111 bits per heavy atom. The highest BCUT2D eigenvalue weighted by molar-refractivity contribution is 6.23. The van der Waals surface area contributed by atoms with E-state index in [-0.39, 0.29) is 0 Å². The predicted octanol–water partition coefficient (Wildman–Crippen LogP) is 20.6. The molecule has 16 rings (SSSR count). The van der Waals surface area contributed by atoms with Gasteiger partial charge in [-0.2, -0.15) is 0 Å². The molecule has 0 aliphatic heterocycles. The molecule has 0 bridgehead atoms. The van der Waals surface area contributed by atoms with Crippen molar-refractivity contribution < 1.29 is 0 Å². The summed E-state index contributed by atoms with van der Waals surface area (Å²) in [5, 5.41) is 29.2. The van der Waals surface area contributed by atoms with Crippen molar-refractivity contribution in [3.63, 3.8) is 0 Å². The van der Waals surface area contributed by atoms with Crippen molar-refractivity contribution in [1.29, 1.82) is 0 Å². The lowest BCUT2D eigenvalue weighted by Gasteiger charge is -2.09. The van der Waals surface area contributed by atoms with Crippen LogP contribution in [0.15, 0.2) is 303 Å². The first-order valence-corrected chi connectivity index (χ1v) is 24.8. The van der Waals surface area contributed by atoms with Crippen molar-refractivity contribution in [2.45, 2.75) is 0 Å². The second kappa shape index (κ2) is 19.9. The highest BCUT2D eigenvalue weighted by atomic mass is 14.1. The number of hydrogen-bond acceptors (Lipinski definition) is 0. The number of benzene rings is 16. The van der Waals surface area contributed by atoms with Crippen molar-refractivity contribution in [2.24, 2.45) is 0 Å². The number of fused-ring (bicyclic) bond motifs is 9. The van der Waals surface area contributed by atoms with Crippen molar-refractivity contribution in [2.75, 3.05) is 0 Å². The van der Waals surface area contributed by atoms with Gasteiger partial charge in [0, 0.05) is 0 Å². The minimum absolute atomic E-state index is 1.31. The molecule has 0 saturated heterocycles. The van der Waals surface area contributed by atoms with E-state index in [9.17, 15) is 0 Å². The SMILES string of the molecule is c1cc2ccc3cccc4ccc(c1)c2c34.c1ccc2c(c1)ccc1ccccc12.c1ccc2cc3cc4ccccc4cc3cc2c1.c1ccc2cc3ccccc3cc2c1.c1ccc2ccccc2c1. The van der Waals surface area contributed by atoms with Gasteiger partial charge in [0.2, 0.25) is 0 Å². The van der Waals surface area contributed by atoms with Crippen LogP contribution in [0, 0.1) is 0 Å². The molecule has 0 atom stereocenters. The summed E-state index contributed by atoms with van der Waals surface area (Å²) >= 11 is 0. The van der Waals surface area contributed by atoms with Crippen LogP contribution in [-0.2, 0) is 0 Å². The zero-order valence-corrected chi connectivity index (χ0v) is 39.9. The van der Waals surface area contributed by atoms with Crippen LogP contribution in [0.2, 0.25) is 0 Å². The summed E-state index contributed by atoms with van der Waals surface area (Å²) in [5.41, 5.74) is 0. The van der Waals surface area contributed by atoms with E-state index in [2.05, 4.69) is 303 Å². The van der Waals surface area contributed by atoms with Crippen LogP contribution in [0.1, 0.15) is 0 Å². The molecule has 16 aromatic rings. The zero-order valence-electron chi connectivity index (χ0n) is 39.9. The van der Waals surface area contributed by atoms with Crippen LogP contribution in [0.5, 0.6) is 0 Å². The quantitative estimate of drug-likeness (QED) is 0.105. The van der Waals surface area contributed by atoms with E-state index in [0.717, 1.165) is 0 Å². The first kappa shape index (κ1) is 43.9. The van der Waals surface area contributed by atoms with Crippen LogP contribution in [-0.4, -0.2) is 0 Å². The van der Waals surface area contributed by atoms with Gasteiger partial charge in [-0.15, -0.1) is 0 Å². The van der Waals surface area contributed by atoms with Gasteiger partial charge in [-0.3, -0.25) is 0 Å². The predicted molar refractivity (Wildman–Crippen MR) is 316 cm³/mol. The van der Waals surface area contributed by atoms with Gasteiger partial charge in [-0.1, -0.05) is 267 Å². The molecule has 0 heterocycles. The first-order valence-electron chi connectivity index (χ1n) is 24.8. The Morgan fingerprint density at radius 2 is 0.292 bits per heavy atom. The lowest BCUT2D eigenvalue weighted by Crippen LogP contribution is -1.82. The molecule has 72 heavy (non-hydrogen) atoms. The summed E-state index contributed by atoms with van der Waals surface area (Å²) in [7, 11) is 0. The van der Waals surface area contributed by atoms with Gasteiger partial charge in [0.25, 0.3) is 0 Å².